The molecule has 0 saturated heterocycles. The van der Waals surface area contributed by atoms with Gasteiger partial charge in [-0.1, -0.05) is 12.1 Å². The van der Waals surface area contributed by atoms with Crippen molar-refractivity contribution in [1.82, 2.24) is 0 Å². The van der Waals surface area contributed by atoms with E-state index in [9.17, 15) is 4.79 Å². The Morgan fingerprint density at radius 2 is 2.19 bits per heavy atom. The number of rotatable bonds is 2. The predicted molar refractivity (Wildman–Crippen MR) is 63.1 cm³/mol. The zero-order valence-electron chi connectivity index (χ0n) is 8.91. The molecule has 3 nitrogen and oxygen atoms in total. The molecule has 3 heteroatoms. The lowest BCUT2D eigenvalue weighted by Gasteiger charge is -2.06. The second kappa shape index (κ2) is 3.23. The number of carbonyl (C=O) groups is 1. The highest BCUT2D eigenvalue weighted by Crippen LogP contribution is 2.36. The van der Waals surface area contributed by atoms with Crippen LogP contribution in [0.3, 0.4) is 0 Å². The molecule has 1 aliphatic rings. The van der Waals surface area contributed by atoms with Crippen LogP contribution in [0.15, 0.2) is 30.3 Å². The standard InChI is InChI=1S/C13H11NO2/c1-2-16-9-6-8-4-3-5-10-12(8)11(7-9)14-13(10)15/h3-7H,2H2,1H3,(H,14,15). The Balaban J connectivity index is 2.30. The van der Waals surface area contributed by atoms with Crippen LogP contribution in [0.5, 0.6) is 5.75 Å². The van der Waals surface area contributed by atoms with Gasteiger partial charge >= 0.3 is 0 Å². The monoisotopic (exact) mass is 213 g/mol. The minimum absolute atomic E-state index is 0.0331. The minimum Gasteiger partial charge on any atom is -0.494 e. The van der Waals surface area contributed by atoms with E-state index in [1.54, 1.807) is 0 Å². The highest BCUT2D eigenvalue weighted by molar-refractivity contribution is 6.24. The first-order chi connectivity index (χ1) is 7.79. The smallest absolute Gasteiger partial charge is 0.256 e. The lowest BCUT2D eigenvalue weighted by atomic mass is 10.1. The van der Waals surface area contributed by atoms with Crippen molar-refractivity contribution < 1.29 is 9.53 Å². The van der Waals surface area contributed by atoms with Crippen molar-refractivity contribution in [3.8, 4) is 5.75 Å². The van der Waals surface area contributed by atoms with Crippen molar-refractivity contribution in [2.45, 2.75) is 6.92 Å². The van der Waals surface area contributed by atoms with Crippen LogP contribution in [0.1, 0.15) is 17.3 Å². The third-order valence-corrected chi connectivity index (χ3v) is 2.75. The number of benzene rings is 2. The fourth-order valence-electron chi connectivity index (χ4n) is 2.13. The molecule has 1 amide bonds. The number of carbonyl (C=O) groups excluding carboxylic acids is 1. The molecule has 0 bridgehead atoms. The van der Waals surface area contributed by atoms with Crippen LogP contribution in [-0.4, -0.2) is 12.5 Å². The number of anilines is 1. The largest absolute Gasteiger partial charge is 0.494 e. The predicted octanol–water partition coefficient (Wildman–Crippen LogP) is 2.80. The van der Waals surface area contributed by atoms with Gasteiger partial charge in [-0.2, -0.15) is 0 Å². The molecule has 16 heavy (non-hydrogen) atoms. The number of nitrogens with one attached hydrogen (secondary N) is 1. The Morgan fingerprint density at radius 3 is 3.00 bits per heavy atom. The van der Waals surface area contributed by atoms with Gasteiger partial charge in [0, 0.05) is 17.0 Å². The number of amides is 1. The van der Waals surface area contributed by atoms with E-state index in [1.165, 1.54) is 0 Å². The fraction of sp³-hybridized carbons (Fsp3) is 0.154. The maximum absolute atomic E-state index is 11.7. The molecule has 1 N–H and O–H groups in total. The van der Waals surface area contributed by atoms with Crippen LogP contribution in [0.25, 0.3) is 10.8 Å². The van der Waals surface area contributed by atoms with Crippen LogP contribution in [0.2, 0.25) is 0 Å². The van der Waals surface area contributed by atoms with Crippen molar-refractivity contribution in [2.24, 2.45) is 0 Å². The molecule has 0 spiro atoms. The maximum Gasteiger partial charge on any atom is 0.256 e. The zero-order chi connectivity index (χ0) is 11.1. The van der Waals surface area contributed by atoms with E-state index in [1.807, 2.05) is 37.3 Å². The van der Waals surface area contributed by atoms with Crippen LogP contribution >= 0.6 is 0 Å². The summed E-state index contributed by atoms with van der Waals surface area (Å²) in [5, 5.41) is 4.89. The van der Waals surface area contributed by atoms with Crippen molar-refractivity contribution >= 4 is 22.4 Å². The van der Waals surface area contributed by atoms with Gasteiger partial charge in [0.1, 0.15) is 5.75 Å². The summed E-state index contributed by atoms with van der Waals surface area (Å²) < 4.78 is 5.46. The molecule has 0 radical (unpaired) electrons. The Bertz CT molecular complexity index is 590. The van der Waals surface area contributed by atoms with Gasteiger partial charge in [-0.15, -0.1) is 0 Å². The normalized spacial score (nSPS) is 12.9. The van der Waals surface area contributed by atoms with Crippen LogP contribution in [-0.2, 0) is 0 Å². The lowest BCUT2D eigenvalue weighted by Crippen LogP contribution is -2.03. The summed E-state index contributed by atoms with van der Waals surface area (Å²) in [6, 6.07) is 9.56. The van der Waals surface area contributed by atoms with Crippen molar-refractivity contribution in [3.63, 3.8) is 0 Å². The highest BCUT2D eigenvalue weighted by Gasteiger charge is 2.21. The average molecular weight is 213 g/mol. The summed E-state index contributed by atoms with van der Waals surface area (Å²) in [5.41, 5.74) is 1.59. The molecule has 0 unspecified atom stereocenters. The van der Waals surface area contributed by atoms with Crippen molar-refractivity contribution in [1.29, 1.82) is 0 Å². The molecule has 1 heterocycles. The highest BCUT2D eigenvalue weighted by atomic mass is 16.5. The van der Waals surface area contributed by atoms with E-state index >= 15 is 0 Å². The van der Waals surface area contributed by atoms with Crippen LogP contribution < -0.4 is 10.1 Å². The topological polar surface area (TPSA) is 38.3 Å². The first-order valence-electron chi connectivity index (χ1n) is 5.30. The quantitative estimate of drug-likeness (QED) is 0.833. The molecule has 1 aliphatic heterocycles. The maximum atomic E-state index is 11.7. The third-order valence-electron chi connectivity index (χ3n) is 2.75. The second-order valence-corrected chi connectivity index (χ2v) is 3.76. The molecule has 2 aromatic carbocycles. The molecule has 0 fully saturated rings. The molecule has 0 saturated carbocycles. The van der Waals surface area contributed by atoms with Gasteiger partial charge in [0.15, 0.2) is 0 Å². The minimum atomic E-state index is -0.0331. The van der Waals surface area contributed by atoms with E-state index in [4.69, 9.17) is 4.74 Å². The molecule has 0 aromatic heterocycles. The number of hydrogen-bond donors (Lipinski definition) is 1. The van der Waals surface area contributed by atoms with E-state index < -0.39 is 0 Å². The Kier molecular flexibility index (Phi) is 1.86. The first-order valence-corrected chi connectivity index (χ1v) is 5.30. The summed E-state index contributed by atoms with van der Waals surface area (Å²) in [4.78, 5) is 11.7. The summed E-state index contributed by atoms with van der Waals surface area (Å²) in [7, 11) is 0. The average Bonchev–Trinajstić information content (AvgIpc) is 2.58. The van der Waals surface area contributed by atoms with Crippen molar-refractivity contribution in [2.75, 3.05) is 11.9 Å². The number of ether oxygens (including phenoxy) is 1. The summed E-state index contributed by atoms with van der Waals surface area (Å²) in [6.07, 6.45) is 0. The van der Waals surface area contributed by atoms with Gasteiger partial charge in [0.2, 0.25) is 0 Å². The van der Waals surface area contributed by atoms with Gasteiger partial charge in [0.25, 0.3) is 5.91 Å². The molecule has 0 aliphatic carbocycles. The SMILES string of the molecule is CCOc1cc2c3c(cccc3c1)C(=O)N2. The summed E-state index contributed by atoms with van der Waals surface area (Å²) in [5.74, 6) is 0.763. The van der Waals surface area contributed by atoms with E-state index in [0.29, 0.717) is 6.61 Å². The Hall–Kier alpha value is -2.03. The third kappa shape index (κ3) is 1.18. The molecular formula is C13H11NO2. The van der Waals surface area contributed by atoms with E-state index in [-0.39, 0.29) is 5.91 Å². The summed E-state index contributed by atoms with van der Waals surface area (Å²) in [6.45, 7) is 2.57. The molecule has 0 atom stereocenters. The van der Waals surface area contributed by atoms with Gasteiger partial charge in [0.05, 0.1) is 12.3 Å². The van der Waals surface area contributed by atoms with Crippen molar-refractivity contribution in [3.05, 3.63) is 35.9 Å². The van der Waals surface area contributed by atoms with E-state index in [0.717, 1.165) is 27.8 Å². The molecule has 80 valence electrons. The second-order valence-electron chi connectivity index (χ2n) is 3.76. The van der Waals surface area contributed by atoms with Gasteiger partial charge in [-0.25, -0.2) is 0 Å². The Labute approximate surface area is 93.0 Å². The number of hydrogen-bond acceptors (Lipinski definition) is 2. The van der Waals surface area contributed by atoms with Crippen LogP contribution in [0.4, 0.5) is 5.69 Å². The molecule has 2 aromatic rings. The van der Waals surface area contributed by atoms with Gasteiger partial charge in [-0.3, -0.25) is 4.79 Å². The molecular weight excluding hydrogens is 202 g/mol. The van der Waals surface area contributed by atoms with Crippen LogP contribution in [0, 0.1) is 0 Å². The van der Waals surface area contributed by atoms with Gasteiger partial charge < -0.3 is 10.1 Å². The first kappa shape index (κ1) is 9.21. The summed E-state index contributed by atoms with van der Waals surface area (Å²) >= 11 is 0. The van der Waals surface area contributed by atoms with E-state index in [2.05, 4.69) is 5.32 Å². The fourth-order valence-corrected chi connectivity index (χ4v) is 2.13. The zero-order valence-corrected chi connectivity index (χ0v) is 8.91. The molecule has 3 rings (SSSR count). The van der Waals surface area contributed by atoms with Gasteiger partial charge in [-0.05, 0) is 24.4 Å². The lowest BCUT2D eigenvalue weighted by molar-refractivity contribution is 0.103. The Morgan fingerprint density at radius 1 is 1.31 bits per heavy atom.